The monoisotopic (exact) mass is 219 g/mol. The maximum absolute atomic E-state index is 10.1. The summed E-state index contributed by atoms with van der Waals surface area (Å²) < 4.78 is 2.80. The normalized spacial score (nSPS) is 10.8. The van der Waals surface area contributed by atoms with Crippen LogP contribution < -0.4 is 4.72 Å². The van der Waals surface area contributed by atoms with Crippen molar-refractivity contribution in [2.24, 2.45) is 5.92 Å². The molecule has 14 heavy (non-hydrogen) atoms. The van der Waals surface area contributed by atoms with E-state index in [2.05, 4.69) is 18.6 Å². The van der Waals surface area contributed by atoms with Crippen molar-refractivity contribution in [3.63, 3.8) is 0 Å². The Balaban J connectivity index is 2.96. The van der Waals surface area contributed by atoms with Gasteiger partial charge in [-0.1, -0.05) is 45.1 Å². The molecule has 0 aromatic rings. The molecule has 0 aromatic carbocycles. The molecule has 0 aromatic heterocycles. The van der Waals surface area contributed by atoms with Crippen LogP contribution in [0.1, 0.15) is 39.5 Å². The Labute approximate surface area is 90.8 Å². The zero-order valence-corrected chi connectivity index (χ0v) is 9.90. The van der Waals surface area contributed by atoms with Crippen molar-refractivity contribution in [1.29, 1.82) is 0 Å². The molecule has 2 N–H and O–H groups in total. The van der Waals surface area contributed by atoms with Gasteiger partial charge in [-0.05, 0) is 12.3 Å². The SMILES string of the molecule is CC(C)CCCCCSNCC(=O)O. The van der Waals surface area contributed by atoms with E-state index >= 15 is 0 Å². The highest BCUT2D eigenvalue weighted by Crippen LogP contribution is 2.09. The predicted octanol–water partition coefficient (Wildman–Crippen LogP) is 2.53. The van der Waals surface area contributed by atoms with Crippen LogP contribution in [0.5, 0.6) is 0 Å². The van der Waals surface area contributed by atoms with Crippen LogP contribution in [0, 0.1) is 5.92 Å². The Morgan fingerprint density at radius 3 is 2.64 bits per heavy atom. The van der Waals surface area contributed by atoms with Crippen molar-refractivity contribution >= 4 is 17.9 Å². The van der Waals surface area contributed by atoms with Crippen molar-refractivity contribution in [1.82, 2.24) is 4.72 Å². The van der Waals surface area contributed by atoms with Crippen molar-refractivity contribution < 1.29 is 9.90 Å². The molecular weight excluding hydrogens is 198 g/mol. The largest absolute Gasteiger partial charge is 0.480 e. The Morgan fingerprint density at radius 2 is 2.07 bits per heavy atom. The van der Waals surface area contributed by atoms with Crippen molar-refractivity contribution in [2.45, 2.75) is 39.5 Å². The average Bonchev–Trinajstić information content (AvgIpc) is 2.08. The maximum atomic E-state index is 10.1. The smallest absolute Gasteiger partial charge is 0.318 e. The number of carboxylic acid groups (broad SMARTS) is 1. The zero-order chi connectivity index (χ0) is 10.8. The molecule has 3 nitrogen and oxygen atoms in total. The van der Waals surface area contributed by atoms with Gasteiger partial charge in [0, 0.05) is 5.75 Å². The minimum Gasteiger partial charge on any atom is -0.480 e. The molecule has 0 aliphatic carbocycles. The lowest BCUT2D eigenvalue weighted by atomic mass is 10.1. The van der Waals surface area contributed by atoms with Crippen LogP contribution in [0.4, 0.5) is 0 Å². The van der Waals surface area contributed by atoms with Crippen LogP contribution in [0.25, 0.3) is 0 Å². The van der Waals surface area contributed by atoms with Crippen LogP contribution >= 0.6 is 11.9 Å². The molecule has 4 heteroatoms. The minimum atomic E-state index is -0.794. The van der Waals surface area contributed by atoms with Gasteiger partial charge in [-0.2, -0.15) is 0 Å². The summed E-state index contributed by atoms with van der Waals surface area (Å²) in [6, 6.07) is 0. The van der Waals surface area contributed by atoms with E-state index in [9.17, 15) is 4.79 Å². The summed E-state index contributed by atoms with van der Waals surface area (Å²) in [7, 11) is 0. The third kappa shape index (κ3) is 11.8. The summed E-state index contributed by atoms with van der Waals surface area (Å²) in [5.41, 5.74) is 0. The van der Waals surface area contributed by atoms with E-state index in [1.165, 1.54) is 37.6 Å². The van der Waals surface area contributed by atoms with Gasteiger partial charge in [0.15, 0.2) is 0 Å². The Bertz CT molecular complexity index is 151. The predicted molar refractivity (Wildman–Crippen MR) is 61.4 cm³/mol. The first-order chi connectivity index (χ1) is 6.63. The van der Waals surface area contributed by atoms with Gasteiger partial charge in [-0.25, -0.2) is 0 Å². The van der Waals surface area contributed by atoms with E-state index in [0.29, 0.717) is 0 Å². The van der Waals surface area contributed by atoms with Crippen LogP contribution in [0.2, 0.25) is 0 Å². The molecule has 0 saturated heterocycles. The average molecular weight is 219 g/mol. The van der Waals surface area contributed by atoms with Crippen molar-refractivity contribution in [3.8, 4) is 0 Å². The fourth-order valence-electron chi connectivity index (χ4n) is 1.09. The fourth-order valence-corrected chi connectivity index (χ4v) is 1.81. The van der Waals surface area contributed by atoms with Gasteiger partial charge in [0.2, 0.25) is 0 Å². The fraction of sp³-hybridized carbons (Fsp3) is 0.900. The molecule has 0 rings (SSSR count). The molecule has 0 aliphatic rings. The molecule has 0 aliphatic heterocycles. The first-order valence-electron chi connectivity index (χ1n) is 5.19. The summed E-state index contributed by atoms with van der Waals surface area (Å²) in [4.78, 5) is 10.1. The summed E-state index contributed by atoms with van der Waals surface area (Å²) in [6.07, 6.45) is 5.01. The molecule has 0 amide bonds. The first kappa shape index (κ1) is 13.8. The lowest BCUT2D eigenvalue weighted by Crippen LogP contribution is -2.16. The summed E-state index contributed by atoms with van der Waals surface area (Å²) >= 11 is 1.51. The molecular formula is C10H21NO2S. The molecule has 84 valence electrons. The number of carbonyl (C=O) groups is 1. The van der Waals surface area contributed by atoms with Gasteiger partial charge in [0.1, 0.15) is 6.54 Å². The number of unbranched alkanes of at least 4 members (excludes halogenated alkanes) is 2. The Hall–Kier alpha value is -0.220. The summed E-state index contributed by atoms with van der Waals surface area (Å²) in [6.45, 7) is 4.53. The molecule has 0 saturated carbocycles. The van der Waals surface area contributed by atoms with Crippen LogP contribution in [0.3, 0.4) is 0 Å². The first-order valence-corrected chi connectivity index (χ1v) is 6.18. The quantitative estimate of drug-likeness (QED) is 0.462. The number of hydrogen-bond donors (Lipinski definition) is 2. The van der Waals surface area contributed by atoms with E-state index in [0.717, 1.165) is 11.7 Å². The minimum absolute atomic E-state index is 0.0522. The second-order valence-electron chi connectivity index (χ2n) is 3.81. The van der Waals surface area contributed by atoms with Crippen LogP contribution in [-0.2, 0) is 4.79 Å². The van der Waals surface area contributed by atoms with Gasteiger partial charge in [-0.3, -0.25) is 9.52 Å². The lowest BCUT2D eigenvalue weighted by molar-refractivity contribution is -0.135. The van der Waals surface area contributed by atoms with Gasteiger partial charge < -0.3 is 5.11 Å². The zero-order valence-electron chi connectivity index (χ0n) is 9.08. The standard InChI is InChI=1S/C10H21NO2S/c1-9(2)6-4-3-5-7-14-11-8-10(12)13/h9,11H,3-8H2,1-2H3,(H,12,13). The number of nitrogens with one attached hydrogen (secondary N) is 1. The molecule has 0 heterocycles. The van der Waals surface area contributed by atoms with E-state index in [1.54, 1.807) is 0 Å². The van der Waals surface area contributed by atoms with Gasteiger partial charge in [-0.15, -0.1) is 0 Å². The second-order valence-corrected chi connectivity index (χ2v) is 4.79. The highest BCUT2D eigenvalue weighted by molar-refractivity contribution is 7.97. The van der Waals surface area contributed by atoms with Crippen molar-refractivity contribution in [3.05, 3.63) is 0 Å². The molecule has 0 radical (unpaired) electrons. The van der Waals surface area contributed by atoms with Crippen molar-refractivity contribution in [2.75, 3.05) is 12.3 Å². The maximum Gasteiger partial charge on any atom is 0.318 e. The molecule has 0 unspecified atom stereocenters. The van der Waals surface area contributed by atoms with E-state index in [-0.39, 0.29) is 6.54 Å². The van der Waals surface area contributed by atoms with Gasteiger partial charge in [0.05, 0.1) is 0 Å². The molecule has 0 bridgehead atoms. The summed E-state index contributed by atoms with van der Waals surface area (Å²) in [5.74, 6) is 1.01. The number of rotatable bonds is 9. The third-order valence-electron chi connectivity index (χ3n) is 1.85. The van der Waals surface area contributed by atoms with Crippen LogP contribution in [0.15, 0.2) is 0 Å². The van der Waals surface area contributed by atoms with Gasteiger partial charge in [0.25, 0.3) is 0 Å². The van der Waals surface area contributed by atoms with E-state index in [4.69, 9.17) is 5.11 Å². The second kappa shape index (κ2) is 9.34. The van der Waals surface area contributed by atoms with E-state index < -0.39 is 5.97 Å². The van der Waals surface area contributed by atoms with Gasteiger partial charge >= 0.3 is 5.97 Å². The number of hydrogen-bond acceptors (Lipinski definition) is 3. The highest BCUT2D eigenvalue weighted by Gasteiger charge is 1.96. The molecule has 0 fully saturated rings. The third-order valence-corrected chi connectivity index (χ3v) is 2.69. The Kier molecular flexibility index (Phi) is 9.19. The highest BCUT2D eigenvalue weighted by atomic mass is 32.2. The lowest BCUT2D eigenvalue weighted by Gasteiger charge is -2.04. The number of aliphatic carboxylic acids is 1. The Morgan fingerprint density at radius 1 is 1.36 bits per heavy atom. The topological polar surface area (TPSA) is 49.3 Å². The van der Waals surface area contributed by atoms with Crippen LogP contribution in [-0.4, -0.2) is 23.4 Å². The number of carboxylic acids is 1. The summed E-state index contributed by atoms with van der Waals surface area (Å²) in [5, 5.41) is 8.34. The molecule has 0 spiro atoms. The van der Waals surface area contributed by atoms with E-state index in [1.807, 2.05) is 0 Å². The molecule has 0 atom stereocenters.